The lowest BCUT2D eigenvalue weighted by Gasteiger charge is -2.17. The zero-order valence-electron chi connectivity index (χ0n) is 14.8. The van der Waals surface area contributed by atoms with Crippen LogP contribution in [0.4, 0.5) is 0 Å². The normalized spacial score (nSPS) is 11.7. The molecule has 0 saturated carbocycles. The van der Waals surface area contributed by atoms with Crippen LogP contribution in [0.2, 0.25) is 0 Å². The summed E-state index contributed by atoms with van der Waals surface area (Å²) in [5, 5.41) is 0.561. The number of rotatable bonds is 5. The minimum atomic E-state index is -3.80. The average Bonchev–Trinajstić information content (AvgIpc) is 3.08. The van der Waals surface area contributed by atoms with Gasteiger partial charge in [0.15, 0.2) is 0 Å². The zero-order chi connectivity index (χ0) is 19.6. The number of nitrogens with zero attached hydrogens (tertiary/aromatic N) is 2. The number of carbonyl (C=O) groups is 2. The molecule has 0 aliphatic carbocycles. The summed E-state index contributed by atoms with van der Waals surface area (Å²) < 4.78 is 32.2. The number of esters is 1. The number of hydrogen-bond donors (Lipinski definition) is 0. The van der Waals surface area contributed by atoms with Crippen molar-refractivity contribution >= 4 is 32.8 Å². The molecule has 0 saturated heterocycles. The van der Waals surface area contributed by atoms with E-state index < -0.39 is 21.9 Å². The summed E-state index contributed by atoms with van der Waals surface area (Å²) in [7, 11) is -1.20. The molecule has 0 aliphatic rings. The number of hydrogen-bond acceptors (Lipinski definition) is 5. The number of aromatic nitrogens is 1. The first-order valence-corrected chi connectivity index (χ1v) is 9.53. The third kappa shape index (κ3) is 3.49. The van der Waals surface area contributed by atoms with Crippen LogP contribution in [-0.4, -0.2) is 49.9 Å². The number of sulfonamides is 1. The molecule has 2 aromatic carbocycles. The smallest absolute Gasteiger partial charge is 0.340 e. The highest BCUT2D eigenvalue weighted by atomic mass is 32.2. The minimum absolute atomic E-state index is 0.105. The lowest BCUT2D eigenvalue weighted by atomic mass is 10.2. The Labute approximate surface area is 156 Å². The SMILES string of the molecule is COC(=O)c1cn(C(=O)CN(C)S(=O)(=O)c2ccccc2)c2ccccc12. The Morgan fingerprint density at radius 1 is 1.04 bits per heavy atom. The molecule has 0 amide bonds. The molecule has 8 heteroatoms. The van der Waals surface area contributed by atoms with Crippen molar-refractivity contribution in [3.8, 4) is 0 Å². The van der Waals surface area contributed by atoms with Gasteiger partial charge in [-0.3, -0.25) is 9.36 Å². The van der Waals surface area contributed by atoms with Crippen LogP contribution in [0.1, 0.15) is 15.2 Å². The lowest BCUT2D eigenvalue weighted by Crippen LogP contribution is -2.34. The van der Waals surface area contributed by atoms with Gasteiger partial charge in [0.1, 0.15) is 0 Å². The maximum absolute atomic E-state index is 12.8. The summed E-state index contributed by atoms with van der Waals surface area (Å²) in [4.78, 5) is 24.9. The first-order chi connectivity index (χ1) is 12.9. The van der Waals surface area contributed by atoms with Crippen LogP contribution in [0.3, 0.4) is 0 Å². The van der Waals surface area contributed by atoms with Crippen molar-refractivity contribution in [3.05, 3.63) is 66.4 Å². The fourth-order valence-corrected chi connectivity index (χ4v) is 3.92. The van der Waals surface area contributed by atoms with E-state index >= 15 is 0 Å². The van der Waals surface area contributed by atoms with E-state index in [9.17, 15) is 18.0 Å². The highest BCUT2D eigenvalue weighted by Gasteiger charge is 2.25. The predicted octanol–water partition coefficient (Wildman–Crippen LogP) is 2.39. The first-order valence-electron chi connectivity index (χ1n) is 8.09. The summed E-state index contributed by atoms with van der Waals surface area (Å²) in [6, 6.07) is 14.8. The van der Waals surface area contributed by atoms with E-state index in [1.807, 2.05) is 0 Å². The molecule has 1 aromatic heterocycles. The second kappa shape index (κ2) is 7.34. The van der Waals surface area contributed by atoms with Gasteiger partial charge in [0.05, 0.1) is 29.6 Å². The second-order valence-electron chi connectivity index (χ2n) is 5.89. The molecule has 0 spiro atoms. The standard InChI is InChI=1S/C19H18N2O5S/c1-20(27(24,25)14-8-4-3-5-9-14)13-18(22)21-12-16(19(23)26-2)15-10-6-7-11-17(15)21/h3-12H,13H2,1-2H3. The number of para-hydroxylation sites is 1. The van der Waals surface area contributed by atoms with Crippen molar-refractivity contribution in [1.82, 2.24) is 8.87 Å². The van der Waals surface area contributed by atoms with Crippen LogP contribution in [0.25, 0.3) is 10.9 Å². The minimum Gasteiger partial charge on any atom is -0.465 e. The summed E-state index contributed by atoms with van der Waals surface area (Å²) in [5.74, 6) is -1.05. The van der Waals surface area contributed by atoms with E-state index in [2.05, 4.69) is 0 Å². The molecule has 0 atom stereocenters. The predicted molar refractivity (Wildman–Crippen MR) is 100 cm³/mol. The zero-order valence-corrected chi connectivity index (χ0v) is 15.6. The van der Waals surface area contributed by atoms with Crippen LogP contribution >= 0.6 is 0 Å². The molecule has 1 heterocycles. The molecule has 0 N–H and O–H groups in total. The van der Waals surface area contributed by atoms with Gasteiger partial charge < -0.3 is 4.74 Å². The monoisotopic (exact) mass is 386 g/mol. The van der Waals surface area contributed by atoms with Crippen molar-refractivity contribution in [2.75, 3.05) is 20.7 Å². The van der Waals surface area contributed by atoms with Gasteiger partial charge in [0.2, 0.25) is 15.9 Å². The van der Waals surface area contributed by atoms with Gasteiger partial charge >= 0.3 is 5.97 Å². The van der Waals surface area contributed by atoms with Crippen molar-refractivity contribution < 1.29 is 22.7 Å². The van der Waals surface area contributed by atoms with Gasteiger partial charge in [-0.25, -0.2) is 13.2 Å². The topological polar surface area (TPSA) is 85.7 Å². The molecule has 0 bridgehead atoms. The maximum atomic E-state index is 12.8. The van der Waals surface area contributed by atoms with E-state index in [1.165, 1.54) is 37.1 Å². The summed E-state index contributed by atoms with van der Waals surface area (Å²) in [5.41, 5.74) is 0.753. The van der Waals surface area contributed by atoms with Gasteiger partial charge in [-0.1, -0.05) is 36.4 Å². The quantitative estimate of drug-likeness (QED) is 0.629. The highest BCUT2D eigenvalue weighted by molar-refractivity contribution is 7.89. The maximum Gasteiger partial charge on any atom is 0.340 e. The van der Waals surface area contributed by atoms with Crippen LogP contribution in [0.15, 0.2) is 65.7 Å². The Hall–Kier alpha value is -2.97. The van der Waals surface area contributed by atoms with Gasteiger partial charge in [0, 0.05) is 18.6 Å². The third-order valence-electron chi connectivity index (χ3n) is 4.20. The Kier molecular flexibility index (Phi) is 5.11. The fraction of sp³-hybridized carbons (Fsp3) is 0.158. The molecular weight excluding hydrogens is 368 g/mol. The number of carbonyl (C=O) groups excluding carboxylic acids is 2. The van der Waals surface area contributed by atoms with Gasteiger partial charge in [-0.15, -0.1) is 0 Å². The second-order valence-corrected chi connectivity index (χ2v) is 7.93. The van der Waals surface area contributed by atoms with Crippen molar-refractivity contribution in [1.29, 1.82) is 0 Å². The Morgan fingerprint density at radius 2 is 1.67 bits per heavy atom. The summed E-state index contributed by atoms with van der Waals surface area (Å²) in [6.07, 6.45) is 1.38. The molecule has 0 unspecified atom stereocenters. The first kappa shape index (κ1) is 18.8. The molecule has 0 aliphatic heterocycles. The highest BCUT2D eigenvalue weighted by Crippen LogP contribution is 2.22. The molecule has 3 rings (SSSR count). The molecule has 0 radical (unpaired) electrons. The van der Waals surface area contributed by atoms with Crippen molar-refractivity contribution in [3.63, 3.8) is 0 Å². The Bertz CT molecular complexity index is 1100. The number of likely N-dealkylation sites (N-methyl/N-ethyl adjacent to an activating group) is 1. The summed E-state index contributed by atoms with van der Waals surface area (Å²) >= 11 is 0. The van der Waals surface area contributed by atoms with E-state index in [0.29, 0.717) is 10.9 Å². The van der Waals surface area contributed by atoms with Gasteiger partial charge in [-0.05, 0) is 18.2 Å². The molecular formula is C19H18N2O5S. The van der Waals surface area contributed by atoms with E-state index in [4.69, 9.17) is 4.74 Å². The summed E-state index contributed by atoms with van der Waals surface area (Å²) in [6.45, 7) is -0.378. The van der Waals surface area contributed by atoms with Crippen molar-refractivity contribution in [2.24, 2.45) is 0 Å². The number of fused-ring (bicyclic) bond motifs is 1. The Balaban J connectivity index is 1.94. The van der Waals surface area contributed by atoms with Crippen LogP contribution in [-0.2, 0) is 14.8 Å². The van der Waals surface area contributed by atoms with Crippen LogP contribution in [0, 0.1) is 0 Å². The average molecular weight is 386 g/mol. The van der Waals surface area contributed by atoms with E-state index in [1.54, 1.807) is 42.5 Å². The molecule has 7 nitrogen and oxygen atoms in total. The largest absolute Gasteiger partial charge is 0.465 e. The molecule has 0 fully saturated rings. The number of ether oxygens (including phenoxy) is 1. The van der Waals surface area contributed by atoms with E-state index in [-0.39, 0.29) is 17.0 Å². The van der Waals surface area contributed by atoms with Crippen LogP contribution in [0.5, 0.6) is 0 Å². The van der Waals surface area contributed by atoms with Gasteiger partial charge in [-0.2, -0.15) is 4.31 Å². The fourth-order valence-electron chi connectivity index (χ4n) is 2.78. The Morgan fingerprint density at radius 3 is 2.33 bits per heavy atom. The molecule has 3 aromatic rings. The third-order valence-corrected chi connectivity index (χ3v) is 6.01. The van der Waals surface area contributed by atoms with E-state index in [0.717, 1.165) is 4.31 Å². The van der Waals surface area contributed by atoms with Crippen LogP contribution < -0.4 is 0 Å². The molecule has 27 heavy (non-hydrogen) atoms. The lowest BCUT2D eigenvalue weighted by molar-refractivity contribution is 0.0603. The molecule has 140 valence electrons. The number of benzene rings is 2. The number of methoxy groups -OCH3 is 1. The van der Waals surface area contributed by atoms with Gasteiger partial charge in [0.25, 0.3) is 0 Å². The van der Waals surface area contributed by atoms with Crippen molar-refractivity contribution in [2.45, 2.75) is 4.90 Å².